The van der Waals surface area contributed by atoms with Crippen LogP contribution < -0.4 is 20.3 Å². The third-order valence-electron chi connectivity index (χ3n) is 8.59. The maximum atomic E-state index is 15.0. The number of aromatic nitrogens is 2. The molecule has 8 rings (SSSR count). The summed E-state index contributed by atoms with van der Waals surface area (Å²) in [6, 6.07) is 6.71. The maximum Gasteiger partial charge on any atom is 0.251 e. The van der Waals surface area contributed by atoms with Crippen LogP contribution in [0.3, 0.4) is 0 Å². The van der Waals surface area contributed by atoms with E-state index in [1.54, 1.807) is 12.1 Å². The molecule has 4 aliphatic heterocycles. The number of halogens is 2. The largest absolute Gasteiger partial charge is 0.486 e. The predicted octanol–water partition coefficient (Wildman–Crippen LogP) is 3.42. The average molecular weight is 528 g/mol. The van der Waals surface area contributed by atoms with Crippen molar-refractivity contribution in [2.75, 3.05) is 19.8 Å². The zero-order chi connectivity index (χ0) is 25.4. The number of rotatable bonds is 5. The molecule has 5 aliphatic rings. The summed E-state index contributed by atoms with van der Waals surface area (Å²) in [5.74, 6) is 0.774. The minimum absolute atomic E-state index is 0.00175. The van der Waals surface area contributed by atoms with Crippen LogP contribution in [0.5, 0.6) is 11.5 Å². The SMILES string of the molecule is O=c1ccc2ncc(F)c3c2n1C[C@@]3(O)CC12CCC(NCc3cc4c(cc3Cl)OCCO4)(CC1)CO2. The van der Waals surface area contributed by atoms with E-state index in [0.717, 1.165) is 37.4 Å². The molecule has 10 heteroatoms. The first-order valence-corrected chi connectivity index (χ1v) is 13.0. The van der Waals surface area contributed by atoms with E-state index in [0.29, 0.717) is 53.9 Å². The molecule has 6 heterocycles. The summed E-state index contributed by atoms with van der Waals surface area (Å²) in [6.45, 7) is 2.07. The van der Waals surface area contributed by atoms with Crippen LogP contribution in [-0.2, 0) is 23.4 Å². The van der Waals surface area contributed by atoms with E-state index in [4.69, 9.17) is 25.8 Å². The molecule has 194 valence electrons. The van der Waals surface area contributed by atoms with Crippen molar-refractivity contribution in [3.63, 3.8) is 0 Å². The van der Waals surface area contributed by atoms with Crippen molar-refractivity contribution in [3.8, 4) is 11.5 Å². The molecular formula is C27H27ClFN3O5. The first kappa shape index (κ1) is 23.4. The van der Waals surface area contributed by atoms with Gasteiger partial charge in [-0.2, -0.15) is 0 Å². The molecule has 0 radical (unpaired) electrons. The third-order valence-corrected chi connectivity index (χ3v) is 8.94. The van der Waals surface area contributed by atoms with Crippen molar-refractivity contribution < 1.29 is 23.7 Å². The number of fused-ring (bicyclic) bond motifs is 4. The van der Waals surface area contributed by atoms with Crippen LogP contribution in [0.1, 0.15) is 43.2 Å². The van der Waals surface area contributed by atoms with E-state index < -0.39 is 17.0 Å². The fourth-order valence-electron chi connectivity index (χ4n) is 6.60. The lowest BCUT2D eigenvalue weighted by molar-refractivity contribution is -0.192. The monoisotopic (exact) mass is 527 g/mol. The zero-order valence-electron chi connectivity index (χ0n) is 20.2. The van der Waals surface area contributed by atoms with Gasteiger partial charge in [-0.15, -0.1) is 0 Å². The molecule has 1 atom stereocenters. The molecular weight excluding hydrogens is 501 g/mol. The number of pyridine rings is 2. The van der Waals surface area contributed by atoms with Gasteiger partial charge in [0, 0.05) is 41.2 Å². The number of hydrogen-bond acceptors (Lipinski definition) is 7. The maximum absolute atomic E-state index is 15.0. The molecule has 0 spiro atoms. The highest BCUT2D eigenvalue weighted by Crippen LogP contribution is 2.51. The van der Waals surface area contributed by atoms with E-state index >= 15 is 4.39 Å². The van der Waals surface area contributed by atoms with Gasteiger partial charge in [-0.25, -0.2) is 4.39 Å². The minimum Gasteiger partial charge on any atom is -0.486 e. The Labute approximate surface area is 217 Å². The second-order valence-electron chi connectivity index (χ2n) is 10.9. The summed E-state index contributed by atoms with van der Waals surface area (Å²) in [5, 5.41) is 16.1. The quantitative estimate of drug-likeness (QED) is 0.525. The van der Waals surface area contributed by atoms with Gasteiger partial charge >= 0.3 is 0 Å². The fraction of sp³-hybridized carbons (Fsp3) is 0.481. The highest BCUT2D eigenvalue weighted by atomic mass is 35.5. The smallest absolute Gasteiger partial charge is 0.251 e. The highest BCUT2D eigenvalue weighted by Gasteiger charge is 2.55. The Balaban J connectivity index is 1.08. The van der Waals surface area contributed by atoms with Gasteiger partial charge in [0.25, 0.3) is 5.56 Å². The van der Waals surface area contributed by atoms with E-state index in [2.05, 4.69) is 10.3 Å². The van der Waals surface area contributed by atoms with Crippen molar-refractivity contribution >= 4 is 22.6 Å². The molecule has 3 aromatic rings. The Kier molecular flexibility index (Phi) is 5.15. The third kappa shape index (κ3) is 3.66. The van der Waals surface area contributed by atoms with Crippen LogP contribution in [0.4, 0.5) is 4.39 Å². The number of aliphatic hydroxyl groups is 1. The van der Waals surface area contributed by atoms with Crippen LogP contribution in [0.25, 0.3) is 11.0 Å². The van der Waals surface area contributed by atoms with Crippen molar-refractivity contribution in [3.05, 3.63) is 62.8 Å². The molecule has 2 aromatic heterocycles. The molecule has 1 aromatic carbocycles. The van der Waals surface area contributed by atoms with E-state index in [-0.39, 0.29) is 29.6 Å². The molecule has 1 saturated carbocycles. The first-order chi connectivity index (χ1) is 17.8. The van der Waals surface area contributed by atoms with E-state index in [1.165, 1.54) is 10.6 Å². The summed E-state index contributed by atoms with van der Waals surface area (Å²) < 4.78 is 34.2. The van der Waals surface area contributed by atoms with Gasteiger partial charge in [-0.05, 0) is 43.4 Å². The zero-order valence-corrected chi connectivity index (χ0v) is 20.9. The summed E-state index contributed by atoms with van der Waals surface area (Å²) in [7, 11) is 0. The van der Waals surface area contributed by atoms with Crippen LogP contribution in [-0.4, -0.2) is 45.6 Å². The standard InChI is InChI=1S/C27H27ClFN3O5/c28-17-10-21-20(35-7-8-36-21)9-16(17)11-31-25-3-5-26(6-4-25,37-15-25)13-27(34)14-32-22(33)2-1-19-24(32)23(27)18(29)12-30-19/h1-2,9-10,12,31,34H,3-8,11,13-15H2/t25?,26?,27-/m0/s1. The van der Waals surface area contributed by atoms with Gasteiger partial charge in [-0.1, -0.05) is 11.6 Å². The lowest BCUT2D eigenvalue weighted by atomic mass is 9.67. The van der Waals surface area contributed by atoms with Crippen LogP contribution in [0.2, 0.25) is 5.02 Å². The van der Waals surface area contributed by atoms with Crippen molar-refractivity contribution in [1.29, 1.82) is 0 Å². The van der Waals surface area contributed by atoms with Crippen molar-refractivity contribution in [1.82, 2.24) is 14.9 Å². The molecule has 2 N–H and O–H groups in total. The molecule has 2 saturated heterocycles. The molecule has 2 bridgehead atoms. The molecule has 37 heavy (non-hydrogen) atoms. The topological polar surface area (TPSA) is 94.8 Å². The summed E-state index contributed by atoms with van der Waals surface area (Å²) in [5.41, 5.74) is -0.632. The molecule has 0 amide bonds. The van der Waals surface area contributed by atoms with Crippen LogP contribution in [0, 0.1) is 5.82 Å². The lowest BCUT2D eigenvalue weighted by Crippen LogP contribution is -2.62. The molecule has 0 unspecified atom stereocenters. The predicted molar refractivity (Wildman–Crippen MR) is 134 cm³/mol. The Hall–Kier alpha value is -2.72. The summed E-state index contributed by atoms with van der Waals surface area (Å²) in [4.78, 5) is 16.6. The summed E-state index contributed by atoms with van der Waals surface area (Å²) >= 11 is 6.51. The Morgan fingerprint density at radius 2 is 1.89 bits per heavy atom. The number of nitrogens with zero attached hydrogens (tertiary/aromatic N) is 2. The fourth-order valence-corrected chi connectivity index (χ4v) is 6.82. The molecule has 8 nitrogen and oxygen atoms in total. The number of nitrogens with one attached hydrogen (secondary N) is 1. The average Bonchev–Trinajstić information content (AvgIpc) is 3.22. The summed E-state index contributed by atoms with van der Waals surface area (Å²) in [6.07, 6.45) is 4.50. The molecule has 3 fully saturated rings. The Morgan fingerprint density at radius 1 is 1.14 bits per heavy atom. The van der Waals surface area contributed by atoms with Gasteiger partial charge in [0.1, 0.15) is 24.6 Å². The van der Waals surface area contributed by atoms with Crippen molar-refractivity contribution in [2.24, 2.45) is 0 Å². The minimum atomic E-state index is -1.54. The lowest BCUT2D eigenvalue weighted by Gasteiger charge is -2.55. The van der Waals surface area contributed by atoms with Crippen LogP contribution >= 0.6 is 11.6 Å². The number of ether oxygens (including phenoxy) is 3. The van der Waals surface area contributed by atoms with E-state index in [9.17, 15) is 9.90 Å². The van der Waals surface area contributed by atoms with Crippen LogP contribution in [0.15, 0.2) is 35.3 Å². The van der Waals surface area contributed by atoms with Gasteiger partial charge in [0.15, 0.2) is 11.5 Å². The normalized spacial score (nSPS) is 29.7. The van der Waals surface area contributed by atoms with Crippen molar-refractivity contribution in [2.45, 2.75) is 61.9 Å². The molecule has 1 aliphatic carbocycles. The van der Waals surface area contributed by atoms with E-state index in [1.807, 2.05) is 6.07 Å². The van der Waals surface area contributed by atoms with Gasteiger partial charge < -0.3 is 29.2 Å². The second kappa shape index (κ2) is 8.14. The Bertz CT molecular complexity index is 1470. The second-order valence-corrected chi connectivity index (χ2v) is 11.3. The van der Waals surface area contributed by atoms with Gasteiger partial charge in [-0.3, -0.25) is 9.78 Å². The van der Waals surface area contributed by atoms with Gasteiger partial charge in [0.2, 0.25) is 0 Å². The number of benzene rings is 1. The van der Waals surface area contributed by atoms with Gasteiger partial charge in [0.05, 0.1) is 36.0 Å². The Morgan fingerprint density at radius 3 is 2.62 bits per heavy atom. The number of hydrogen-bond donors (Lipinski definition) is 2. The highest BCUT2D eigenvalue weighted by molar-refractivity contribution is 6.31. The first-order valence-electron chi connectivity index (χ1n) is 12.7.